The fraction of sp³-hybridized carbons (Fsp3) is 0.480. The smallest absolute Gasteiger partial charge is 0.253 e. The van der Waals surface area contributed by atoms with Crippen LogP contribution in [0.15, 0.2) is 60.7 Å². The highest BCUT2D eigenvalue weighted by atomic mass is 16.5. The van der Waals surface area contributed by atoms with Gasteiger partial charge in [0.05, 0.1) is 19.3 Å². The van der Waals surface area contributed by atoms with Gasteiger partial charge >= 0.3 is 0 Å². The maximum absolute atomic E-state index is 12.7. The Morgan fingerprint density at radius 2 is 1.50 bits per heavy atom. The molecule has 0 saturated carbocycles. The van der Waals surface area contributed by atoms with Crippen molar-refractivity contribution in [2.75, 3.05) is 45.9 Å². The SMILES string of the molecule is O=C(c1ccccc1)N1CCC(N2CCN3[C@@H](COC[C@@H]3c3ccccc3)C2)CC1. The van der Waals surface area contributed by atoms with E-state index in [2.05, 4.69) is 40.1 Å². The minimum absolute atomic E-state index is 0.172. The van der Waals surface area contributed by atoms with E-state index in [1.165, 1.54) is 5.56 Å². The third kappa shape index (κ3) is 4.02. The highest BCUT2D eigenvalue weighted by Crippen LogP contribution is 2.31. The highest BCUT2D eigenvalue weighted by molar-refractivity contribution is 5.94. The Hall–Kier alpha value is -2.21. The summed E-state index contributed by atoms with van der Waals surface area (Å²) in [5, 5.41) is 0. The van der Waals surface area contributed by atoms with Gasteiger partial charge in [0.2, 0.25) is 0 Å². The third-order valence-corrected chi connectivity index (χ3v) is 7.02. The maximum Gasteiger partial charge on any atom is 0.253 e. The third-order valence-electron chi connectivity index (χ3n) is 7.02. The average Bonchev–Trinajstić information content (AvgIpc) is 2.84. The van der Waals surface area contributed by atoms with Crippen molar-refractivity contribution in [2.45, 2.75) is 31.0 Å². The lowest BCUT2D eigenvalue weighted by Gasteiger charge is -2.50. The average molecular weight is 406 g/mol. The lowest BCUT2D eigenvalue weighted by molar-refractivity contribution is -0.0914. The number of carbonyl (C=O) groups excluding carboxylic acids is 1. The van der Waals surface area contributed by atoms with Gasteiger partial charge in [0, 0.05) is 50.4 Å². The Labute approximate surface area is 179 Å². The van der Waals surface area contributed by atoms with Crippen LogP contribution in [0, 0.1) is 0 Å². The Kier molecular flexibility index (Phi) is 5.84. The van der Waals surface area contributed by atoms with E-state index in [4.69, 9.17) is 4.74 Å². The van der Waals surface area contributed by atoms with Gasteiger partial charge in [-0.25, -0.2) is 0 Å². The number of hydrogen-bond acceptors (Lipinski definition) is 4. The molecule has 0 bridgehead atoms. The van der Waals surface area contributed by atoms with Gasteiger partial charge in [-0.1, -0.05) is 48.5 Å². The molecule has 30 heavy (non-hydrogen) atoms. The van der Waals surface area contributed by atoms with Gasteiger partial charge in [0.15, 0.2) is 0 Å². The molecule has 0 radical (unpaired) electrons. The van der Waals surface area contributed by atoms with Gasteiger partial charge in [-0.3, -0.25) is 14.6 Å². The van der Waals surface area contributed by atoms with E-state index in [9.17, 15) is 4.79 Å². The van der Waals surface area contributed by atoms with Crippen LogP contribution in [0.1, 0.15) is 34.8 Å². The van der Waals surface area contributed by atoms with Crippen LogP contribution in [0.3, 0.4) is 0 Å². The minimum Gasteiger partial charge on any atom is -0.378 e. The van der Waals surface area contributed by atoms with Crippen molar-refractivity contribution in [1.82, 2.24) is 14.7 Å². The molecule has 2 atom stereocenters. The molecule has 1 amide bonds. The van der Waals surface area contributed by atoms with Crippen molar-refractivity contribution < 1.29 is 9.53 Å². The molecule has 2 aromatic carbocycles. The van der Waals surface area contributed by atoms with Crippen LogP contribution < -0.4 is 0 Å². The Morgan fingerprint density at radius 1 is 0.800 bits per heavy atom. The molecular formula is C25H31N3O2. The van der Waals surface area contributed by atoms with Gasteiger partial charge in [0.25, 0.3) is 5.91 Å². The summed E-state index contributed by atoms with van der Waals surface area (Å²) in [6, 6.07) is 21.9. The van der Waals surface area contributed by atoms with Crippen LogP contribution in [-0.2, 0) is 4.74 Å². The normalized spacial score (nSPS) is 26.3. The van der Waals surface area contributed by atoms with Crippen LogP contribution in [0.5, 0.6) is 0 Å². The molecule has 3 heterocycles. The van der Waals surface area contributed by atoms with Crippen LogP contribution >= 0.6 is 0 Å². The van der Waals surface area contributed by atoms with Crippen molar-refractivity contribution in [1.29, 1.82) is 0 Å². The first-order chi connectivity index (χ1) is 14.8. The molecule has 3 saturated heterocycles. The Balaban J connectivity index is 1.18. The molecule has 158 valence electrons. The first-order valence-electron chi connectivity index (χ1n) is 11.3. The number of benzene rings is 2. The van der Waals surface area contributed by atoms with Crippen LogP contribution in [-0.4, -0.2) is 78.6 Å². The van der Waals surface area contributed by atoms with Crippen LogP contribution in [0.2, 0.25) is 0 Å². The van der Waals surface area contributed by atoms with E-state index in [0.717, 1.165) is 64.3 Å². The van der Waals surface area contributed by atoms with Gasteiger partial charge in [-0.15, -0.1) is 0 Å². The van der Waals surface area contributed by atoms with E-state index in [1.54, 1.807) is 0 Å². The van der Waals surface area contributed by atoms with Crippen molar-refractivity contribution in [3.63, 3.8) is 0 Å². The topological polar surface area (TPSA) is 36.0 Å². The summed E-state index contributed by atoms with van der Waals surface area (Å²) in [6.45, 7) is 6.60. The summed E-state index contributed by atoms with van der Waals surface area (Å²) in [5.74, 6) is 0.172. The second-order valence-corrected chi connectivity index (χ2v) is 8.74. The summed E-state index contributed by atoms with van der Waals surface area (Å²) in [5.41, 5.74) is 2.17. The molecule has 0 spiro atoms. The summed E-state index contributed by atoms with van der Waals surface area (Å²) in [4.78, 5) is 20.1. The van der Waals surface area contributed by atoms with Crippen LogP contribution in [0.25, 0.3) is 0 Å². The van der Waals surface area contributed by atoms with Gasteiger partial charge < -0.3 is 9.64 Å². The number of ether oxygens (including phenoxy) is 1. The quantitative estimate of drug-likeness (QED) is 0.786. The lowest BCUT2D eigenvalue weighted by Crippen LogP contribution is -2.61. The molecule has 0 aliphatic carbocycles. The fourth-order valence-electron chi connectivity index (χ4n) is 5.36. The molecule has 3 fully saturated rings. The zero-order valence-electron chi connectivity index (χ0n) is 17.5. The predicted octanol–water partition coefficient (Wildman–Crippen LogP) is 3.05. The molecule has 0 unspecified atom stereocenters. The van der Waals surface area contributed by atoms with E-state index in [-0.39, 0.29) is 5.91 Å². The zero-order chi connectivity index (χ0) is 20.3. The summed E-state index contributed by atoms with van der Waals surface area (Å²) >= 11 is 0. The number of carbonyl (C=O) groups is 1. The number of likely N-dealkylation sites (tertiary alicyclic amines) is 1. The number of amides is 1. The van der Waals surface area contributed by atoms with E-state index >= 15 is 0 Å². The monoisotopic (exact) mass is 405 g/mol. The van der Waals surface area contributed by atoms with Crippen molar-refractivity contribution >= 4 is 5.91 Å². The Morgan fingerprint density at radius 3 is 2.23 bits per heavy atom. The molecule has 0 N–H and O–H groups in total. The molecule has 2 aromatic rings. The number of hydrogen-bond donors (Lipinski definition) is 0. The number of piperazine rings is 1. The highest BCUT2D eigenvalue weighted by Gasteiger charge is 2.38. The second-order valence-electron chi connectivity index (χ2n) is 8.74. The number of piperidine rings is 1. The number of rotatable bonds is 3. The molecular weight excluding hydrogens is 374 g/mol. The standard InChI is InChI=1S/C25H31N3O2/c29-25(21-9-5-2-6-10-21)26-13-11-22(12-14-26)27-15-16-28-23(17-27)18-30-19-24(28)20-7-3-1-4-8-20/h1-10,22-24H,11-19H2/t23-,24-/m1/s1. The molecule has 5 heteroatoms. The molecule has 3 aliphatic rings. The summed E-state index contributed by atoms with van der Waals surface area (Å²) in [7, 11) is 0. The molecule has 5 nitrogen and oxygen atoms in total. The second kappa shape index (κ2) is 8.88. The molecule has 3 aliphatic heterocycles. The van der Waals surface area contributed by atoms with E-state index in [1.807, 2.05) is 35.2 Å². The maximum atomic E-state index is 12.7. The largest absolute Gasteiger partial charge is 0.378 e. The van der Waals surface area contributed by atoms with E-state index in [0.29, 0.717) is 18.1 Å². The predicted molar refractivity (Wildman–Crippen MR) is 117 cm³/mol. The fourth-order valence-corrected chi connectivity index (χ4v) is 5.36. The van der Waals surface area contributed by atoms with Gasteiger partial charge in [-0.2, -0.15) is 0 Å². The van der Waals surface area contributed by atoms with Crippen molar-refractivity contribution in [3.05, 3.63) is 71.8 Å². The zero-order valence-corrected chi connectivity index (χ0v) is 17.5. The lowest BCUT2D eigenvalue weighted by atomic mass is 9.97. The Bertz CT molecular complexity index is 836. The number of nitrogens with zero attached hydrogens (tertiary/aromatic N) is 3. The van der Waals surface area contributed by atoms with Gasteiger partial charge in [-0.05, 0) is 30.5 Å². The molecule has 0 aromatic heterocycles. The first-order valence-corrected chi connectivity index (χ1v) is 11.3. The van der Waals surface area contributed by atoms with Crippen molar-refractivity contribution in [3.8, 4) is 0 Å². The van der Waals surface area contributed by atoms with Gasteiger partial charge in [0.1, 0.15) is 0 Å². The minimum atomic E-state index is 0.172. The number of morpholine rings is 1. The first kappa shape index (κ1) is 19.7. The van der Waals surface area contributed by atoms with Crippen molar-refractivity contribution in [2.24, 2.45) is 0 Å². The van der Waals surface area contributed by atoms with E-state index < -0.39 is 0 Å². The summed E-state index contributed by atoms with van der Waals surface area (Å²) in [6.07, 6.45) is 2.13. The summed E-state index contributed by atoms with van der Waals surface area (Å²) < 4.78 is 6.02. The number of fused-ring (bicyclic) bond motifs is 1. The van der Waals surface area contributed by atoms with Crippen LogP contribution in [0.4, 0.5) is 0 Å². The molecule has 5 rings (SSSR count).